The van der Waals surface area contributed by atoms with Gasteiger partial charge in [-0.05, 0) is 18.6 Å². The molecule has 1 heterocycles. The van der Waals surface area contributed by atoms with E-state index in [0.29, 0.717) is 0 Å². The molecule has 0 bridgehead atoms. The summed E-state index contributed by atoms with van der Waals surface area (Å²) in [5.74, 6) is -0.868. The van der Waals surface area contributed by atoms with E-state index < -0.39 is 17.9 Å². The third kappa shape index (κ3) is 5.06. The highest BCUT2D eigenvalue weighted by Gasteiger charge is 2.17. The number of carbonyl (C=O) groups is 1. The molecule has 4 nitrogen and oxygen atoms in total. The van der Waals surface area contributed by atoms with Crippen LogP contribution >= 0.6 is 0 Å². The summed E-state index contributed by atoms with van der Waals surface area (Å²) < 4.78 is 23.0. The third-order valence-electron chi connectivity index (χ3n) is 2.30. The molecule has 1 aromatic rings. The van der Waals surface area contributed by atoms with Crippen molar-refractivity contribution in [2.45, 2.75) is 13.0 Å². The van der Waals surface area contributed by atoms with Crippen molar-refractivity contribution in [2.24, 2.45) is 0 Å². The molecular formula is C15H16FNO3. The summed E-state index contributed by atoms with van der Waals surface area (Å²) >= 11 is 0. The van der Waals surface area contributed by atoms with Crippen LogP contribution in [0.1, 0.15) is 6.92 Å². The number of esters is 1. The number of carbonyl (C=O) groups excluding carboxylic acids is 1. The van der Waals surface area contributed by atoms with Gasteiger partial charge in [-0.2, -0.15) is 0 Å². The van der Waals surface area contributed by atoms with E-state index in [9.17, 15) is 9.18 Å². The Labute approximate surface area is 117 Å². The molecule has 0 saturated carbocycles. The van der Waals surface area contributed by atoms with E-state index in [2.05, 4.69) is 18.1 Å². The second-order valence-electron chi connectivity index (χ2n) is 3.86. The van der Waals surface area contributed by atoms with E-state index in [4.69, 9.17) is 9.47 Å². The van der Waals surface area contributed by atoms with E-state index in [1.807, 2.05) is 0 Å². The molecule has 1 aromatic heterocycles. The van der Waals surface area contributed by atoms with Gasteiger partial charge in [0.25, 0.3) is 0 Å². The van der Waals surface area contributed by atoms with E-state index in [0.717, 1.165) is 11.8 Å². The van der Waals surface area contributed by atoms with E-state index in [1.165, 1.54) is 19.1 Å². The molecule has 1 unspecified atom stereocenters. The molecule has 1 atom stereocenters. The average Bonchev–Trinajstić information content (AvgIpc) is 2.45. The standard InChI is InChI=1S/C15H16FNO3/c1-4-6-12(5-2)10-19-15(18)11(3)20-14-8-7-13(16)9-17-14/h4-9,11H,1-2,10H2,3H3/b12-6+. The summed E-state index contributed by atoms with van der Waals surface area (Å²) in [6.07, 6.45) is 5.00. The SMILES string of the molecule is C=C/C=C(\C=C)COC(=O)C(C)Oc1ccc(F)cn1. The fourth-order valence-electron chi connectivity index (χ4n) is 1.26. The normalized spacial score (nSPS) is 12.4. The largest absolute Gasteiger partial charge is 0.463 e. The molecule has 0 fully saturated rings. The Morgan fingerprint density at radius 3 is 2.80 bits per heavy atom. The number of hydrogen-bond acceptors (Lipinski definition) is 4. The second-order valence-corrected chi connectivity index (χ2v) is 3.86. The van der Waals surface area contributed by atoms with Crippen LogP contribution in [0.2, 0.25) is 0 Å². The number of hydrogen-bond donors (Lipinski definition) is 0. The fraction of sp³-hybridized carbons (Fsp3) is 0.200. The molecule has 0 aromatic carbocycles. The first-order valence-corrected chi connectivity index (χ1v) is 5.95. The number of nitrogens with zero attached hydrogens (tertiary/aromatic N) is 1. The van der Waals surface area contributed by atoms with Crippen molar-refractivity contribution in [1.29, 1.82) is 0 Å². The van der Waals surface area contributed by atoms with Crippen LogP contribution in [0.15, 0.2) is 55.3 Å². The summed E-state index contributed by atoms with van der Waals surface area (Å²) in [6, 6.07) is 2.54. The lowest BCUT2D eigenvalue weighted by molar-refractivity contribution is -0.150. The van der Waals surface area contributed by atoms with Gasteiger partial charge in [0, 0.05) is 6.07 Å². The van der Waals surface area contributed by atoms with Gasteiger partial charge in [-0.3, -0.25) is 0 Å². The first-order chi connectivity index (χ1) is 9.56. The highest BCUT2D eigenvalue weighted by Crippen LogP contribution is 2.09. The van der Waals surface area contributed by atoms with Gasteiger partial charge in [0.1, 0.15) is 12.4 Å². The zero-order chi connectivity index (χ0) is 15.0. The van der Waals surface area contributed by atoms with E-state index >= 15 is 0 Å². The highest BCUT2D eigenvalue weighted by atomic mass is 19.1. The van der Waals surface area contributed by atoms with Gasteiger partial charge < -0.3 is 9.47 Å². The molecule has 0 saturated heterocycles. The van der Waals surface area contributed by atoms with Gasteiger partial charge in [0.15, 0.2) is 6.10 Å². The maximum atomic E-state index is 12.7. The van der Waals surface area contributed by atoms with Crippen LogP contribution in [-0.2, 0) is 9.53 Å². The van der Waals surface area contributed by atoms with Gasteiger partial charge in [-0.15, -0.1) is 0 Å². The molecule has 0 aliphatic carbocycles. The van der Waals surface area contributed by atoms with Crippen LogP contribution in [0.5, 0.6) is 5.88 Å². The van der Waals surface area contributed by atoms with Gasteiger partial charge >= 0.3 is 5.97 Å². The van der Waals surface area contributed by atoms with E-state index in [-0.39, 0.29) is 12.5 Å². The second kappa shape index (κ2) is 7.89. The van der Waals surface area contributed by atoms with Crippen molar-refractivity contribution < 1.29 is 18.7 Å². The van der Waals surface area contributed by atoms with E-state index in [1.54, 1.807) is 18.2 Å². The minimum Gasteiger partial charge on any atom is -0.463 e. The fourth-order valence-corrected chi connectivity index (χ4v) is 1.26. The van der Waals surface area contributed by atoms with Crippen LogP contribution in [0, 0.1) is 5.82 Å². The lowest BCUT2D eigenvalue weighted by Gasteiger charge is -2.13. The zero-order valence-electron chi connectivity index (χ0n) is 11.2. The molecule has 20 heavy (non-hydrogen) atoms. The van der Waals surface area contributed by atoms with Crippen molar-refractivity contribution in [3.63, 3.8) is 0 Å². The highest BCUT2D eigenvalue weighted by molar-refractivity contribution is 5.74. The number of pyridine rings is 1. The smallest absolute Gasteiger partial charge is 0.347 e. The van der Waals surface area contributed by atoms with Crippen LogP contribution < -0.4 is 4.74 Å². The Morgan fingerprint density at radius 2 is 2.25 bits per heavy atom. The zero-order valence-corrected chi connectivity index (χ0v) is 11.2. The lowest BCUT2D eigenvalue weighted by Crippen LogP contribution is -2.27. The number of ether oxygens (including phenoxy) is 2. The predicted octanol–water partition coefficient (Wildman–Crippen LogP) is 2.83. The molecule has 106 valence electrons. The summed E-state index contributed by atoms with van der Waals surface area (Å²) in [4.78, 5) is 15.4. The first-order valence-electron chi connectivity index (χ1n) is 5.95. The minimum absolute atomic E-state index is 0.0822. The van der Waals surface area contributed by atoms with Crippen LogP contribution in [-0.4, -0.2) is 23.7 Å². The van der Waals surface area contributed by atoms with Gasteiger partial charge in [0.05, 0.1) is 6.20 Å². The quantitative estimate of drug-likeness (QED) is 0.568. The maximum absolute atomic E-state index is 12.7. The van der Waals surface area contributed by atoms with Crippen LogP contribution in [0.25, 0.3) is 0 Å². The van der Waals surface area contributed by atoms with Crippen molar-refractivity contribution in [1.82, 2.24) is 4.98 Å². The molecule has 0 amide bonds. The first kappa shape index (κ1) is 15.6. The maximum Gasteiger partial charge on any atom is 0.347 e. The Kier molecular flexibility index (Phi) is 6.16. The lowest BCUT2D eigenvalue weighted by atomic mass is 10.2. The van der Waals surface area contributed by atoms with Crippen LogP contribution in [0.3, 0.4) is 0 Å². The molecule has 0 spiro atoms. The molecule has 1 rings (SSSR count). The number of halogens is 1. The topological polar surface area (TPSA) is 48.4 Å². The van der Waals surface area contributed by atoms with Crippen LogP contribution in [0.4, 0.5) is 4.39 Å². The molecule has 0 N–H and O–H groups in total. The molecule has 5 heteroatoms. The Hall–Kier alpha value is -2.43. The number of aromatic nitrogens is 1. The predicted molar refractivity (Wildman–Crippen MR) is 73.7 cm³/mol. The van der Waals surface area contributed by atoms with Gasteiger partial charge in [-0.1, -0.05) is 31.4 Å². The molecule has 0 aliphatic heterocycles. The third-order valence-corrected chi connectivity index (χ3v) is 2.30. The molecule has 0 aliphatic rings. The average molecular weight is 277 g/mol. The van der Waals surface area contributed by atoms with Gasteiger partial charge in [0.2, 0.25) is 5.88 Å². The summed E-state index contributed by atoms with van der Waals surface area (Å²) in [5.41, 5.74) is 0.723. The summed E-state index contributed by atoms with van der Waals surface area (Å²) in [7, 11) is 0. The summed E-state index contributed by atoms with van der Waals surface area (Å²) in [5, 5.41) is 0. The Morgan fingerprint density at radius 1 is 1.50 bits per heavy atom. The number of rotatable bonds is 7. The minimum atomic E-state index is -0.845. The Balaban J connectivity index is 2.50. The van der Waals surface area contributed by atoms with Crippen molar-refractivity contribution in [2.75, 3.05) is 6.61 Å². The van der Waals surface area contributed by atoms with Gasteiger partial charge in [-0.25, -0.2) is 14.2 Å². The monoisotopic (exact) mass is 277 g/mol. The van der Waals surface area contributed by atoms with Crippen molar-refractivity contribution in [3.8, 4) is 5.88 Å². The van der Waals surface area contributed by atoms with Crippen molar-refractivity contribution >= 4 is 5.97 Å². The molecule has 0 radical (unpaired) electrons. The molecular weight excluding hydrogens is 261 g/mol. The number of allylic oxidation sites excluding steroid dienone is 2. The summed E-state index contributed by atoms with van der Waals surface area (Å²) in [6.45, 7) is 8.75. The van der Waals surface area contributed by atoms with Crippen molar-refractivity contribution in [3.05, 3.63) is 61.1 Å². The Bertz CT molecular complexity index is 508.